The molecule has 2 unspecified atom stereocenters. The average Bonchev–Trinajstić information content (AvgIpc) is 2.12. The van der Waals surface area contributed by atoms with Crippen molar-refractivity contribution in [3.8, 4) is 0 Å². The molecule has 0 radical (unpaired) electrons. The number of allylic oxidation sites excluding steroid dienone is 3. The molecule has 0 aromatic carbocycles. The van der Waals surface area contributed by atoms with Crippen LogP contribution < -0.4 is 0 Å². The largest absolute Gasteiger partial charge is 0.508 e. The molecule has 0 saturated carbocycles. The smallest absolute Gasteiger partial charge is 0.114 e. The molecule has 72 valence electrons. The van der Waals surface area contributed by atoms with Gasteiger partial charge in [-0.05, 0) is 49.2 Å². The molecule has 13 heavy (non-hydrogen) atoms. The van der Waals surface area contributed by atoms with Crippen molar-refractivity contribution in [3.05, 3.63) is 23.0 Å². The van der Waals surface area contributed by atoms with Crippen LogP contribution in [0.15, 0.2) is 23.0 Å². The van der Waals surface area contributed by atoms with Crippen LogP contribution in [0, 0.1) is 11.8 Å². The molecule has 0 amide bonds. The molecule has 1 N–H and O–H groups in total. The van der Waals surface area contributed by atoms with E-state index < -0.39 is 0 Å². The molecular weight excluding hydrogens is 160 g/mol. The van der Waals surface area contributed by atoms with E-state index in [2.05, 4.69) is 13.8 Å². The van der Waals surface area contributed by atoms with Crippen molar-refractivity contribution in [2.24, 2.45) is 11.8 Å². The monoisotopic (exact) mass is 178 g/mol. The van der Waals surface area contributed by atoms with Gasteiger partial charge >= 0.3 is 0 Å². The van der Waals surface area contributed by atoms with Gasteiger partial charge in [-0.3, -0.25) is 0 Å². The molecule has 2 aliphatic carbocycles. The summed E-state index contributed by atoms with van der Waals surface area (Å²) < 4.78 is 0. The van der Waals surface area contributed by atoms with Crippen LogP contribution in [0.25, 0.3) is 0 Å². The van der Waals surface area contributed by atoms with Gasteiger partial charge in [-0.2, -0.15) is 0 Å². The lowest BCUT2D eigenvalue weighted by molar-refractivity contribution is 0.371. The maximum Gasteiger partial charge on any atom is 0.114 e. The SMILES string of the molecule is CC1CCC2=C(C1)C(O)=CCC2C. The minimum Gasteiger partial charge on any atom is -0.508 e. The van der Waals surface area contributed by atoms with E-state index in [0.29, 0.717) is 11.7 Å². The zero-order valence-electron chi connectivity index (χ0n) is 8.51. The van der Waals surface area contributed by atoms with Crippen LogP contribution in [-0.4, -0.2) is 5.11 Å². The van der Waals surface area contributed by atoms with E-state index in [-0.39, 0.29) is 0 Å². The summed E-state index contributed by atoms with van der Waals surface area (Å²) in [6.45, 7) is 4.55. The van der Waals surface area contributed by atoms with E-state index in [1.165, 1.54) is 24.0 Å². The molecule has 0 aliphatic heterocycles. The fourth-order valence-electron chi connectivity index (χ4n) is 2.50. The highest BCUT2D eigenvalue weighted by Crippen LogP contribution is 2.40. The molecule has 0 aromatic heterocycles. The second-order valence-electron chi connectivity index (χ2n) is 4.58. The van der Waals surface area contributed by atoms with Gasteiger partial charge in [0, 0.05) is 0 Å². The molecular formula is C12H18O. The first-order valence-corrected chi connectivity index (χ1v) is 5.30. The van der Waals surface area contributed by atoms with Crippen molar-refractivity contribution in [3.63, 3.8) is 0 Å². The van der Waals surface area contributed by atoms with Crippen LogP contribution in [-0.2, 0) is 0 Å². The third kappa shape index (κ3) is 1.52. The molecule has 0 bridgehead atoms. The van der Waals surface area contributed by atoms with Crippen molar-refractivity contribution in [1.82, 2.24) is 0 Å². The third-order valence-corrected chi connectivity index (χ3v) is 3.42. The standard InChI is InChI=1S/C12H18O/c1-8-3-5-10-9(2)4-6-12(13)11(10)7-8/h6,8-9,13H,3-5,7H2,1-2H3. The summed E-state index contributed by atoms with van der Waals surface area (Å²) in [5.74, 6) is 1.98. The van der Waals surface area contributed by atoms with Crippen LogP contribution in [0.4, 0.5) is 0 Å². The van der Waals surface area contributed by atoms with Gasteiger partial charge in [0.15, 0.2) is 0 Å². The van der Waals surface area contributed by atoms with Gasteiger partial charge in [0.25, 0.3) is 0 Å². The summed E-state index contributed by atoms with van der Waals surface area (Å²) in [5, 5.41) is 9.74. The van der Waals surface area contributed by atoms with Gasteiger partial charge in [-0.15, -0.1) is 0 Å². The van der Waals surface area contributed by atoms with Crippen LogP contribution in [0.5, 0.6) is 0 Å². The summed E-state index contributed by atoms with van der Waals surface area (Å²) in [6, 6.07) is 0. The molecule has 0 aromatic rings. The fraction of sp³-hybridized carbons (Fsp3) is 0.667. The molecule has 2 rings (SSSR count). The minimum atomic E-state index is 0.569. The molecule has 0 heterocycles. The Bertz CT molecular complexity index is 273. The number of hydrogen-bond donors (Lipinski definition) is 1. The Morgan fingerprint density at radius 3 is 2.92 bits per heavy atom. The predicted octanol–water partition coefficient (Wildman–Crippen LogP) is 3.58. The lowest BCUT2D eigenvalue weighted by Crippen LogP contribution is -2.17. The molecule has 2 atom stereocenters. The predicted molar refractivity (Wildman–Crippen MR) is 54.5 cm³/mol. The Hall–Kier alpha value is -0.720. The lowest BCUT2D eigenvalue weighted by Gasteiger charge is -2.30. The Balaban J connectivity index is 2.32. The summed E-state index contributed by atoms with van der Waals surface area (Å²) in [4.78, 5) is 0. The Morgan fingerprint density at radius 2 is 2.15 bits per heavy atom. The lowest BCUT2D eigenvalue weighted by atomic mass is 9.76. The highest BCUT2D eigenvalue weighted by Gasteiger charge is 2.26. The van der Waals surface area contributed by atoms with Crippen molar-refractivity contribution in [2.45, 2.75) is 39.5 Å². The number of aliphatic hydroxyl groups is 1. The molecule has 1 nitrogen and oxygen atoms in total. The minimum absolute atomic E-state index is 0.569. The number of rotatable bonds is 0. The first-order chi connectivity index (χ1) is 6.18. The van der Waals surface area contributed by atoms with Gasteiger partial charge in [0.05, 0.1) is 0 Å². The number of aliphatic hydroxyl groups excluding tert-OH is 1. The molecule has 0 saturated heterocycles. The molecule has 0 spiro atoms. The quantitative estimate of drug-likeness (QED) is 0.601. The third-order valence-electron chi connectivity index (χ3n) is 3.42. The van der Waals surface area contributed by atoms with E-state index in [0.717, 1.165) is 18.8 Å². The Labute approximate surface area is 80.2 Å². The van der Waals surface area contributed by atoms with Crippen molar-refractivity contribution in [2.75, 3.05) is 0 Å². The fourth-order valence-corrected chi connectivity index (χ4v) is 2.50. The van der Waals surface area contributed by atoms with E-state index in [4.69, 9.17) is 0 Å². The normalized spacial score (nSPS) is 34.2. The van der Waals surface area contributed by atoms with Crippen LogP contribution >= 0.6 is 0 Å². The van der Waals surface area contributed by atoms with Crippen molar-refractivity contribution >= 4 is 0 Å². The van der Waals surface area contributed by atoms with Gasteiger partial charge in [0.2, 0.25) is 0 Å². The zero-order chi connectivity index (χ0) is 9.42. The van der Waals surface area contributed by atoms with Crippen LogP contribution in [0.3, 0.4) is 0 Å². The summed E-state index contributed by atoms with van der Waals surface area (Å²) in [6.07, 6.45) is 6.61. The van der Waals surface area contributed by atoms with E-state index in [1.54, 1.807) is 0 Å². The first-order valence-electron chi connectivity index (χ1n) is 5.30. The van der Waals surface area contributed by atoms with E-state index in [1.807, 2.05) is 6.08 Å². The highest BCUT2D eigenvalue weighted by molar-refractivity contribution is 5.37. The molecule has 2 aliphatic rings. The second kappa shape index (κ2) is 3.21. The maximum atomic E-state index is 9.74. The Morgan fingerprint density at radius 1 is 1.38 bits per heavy atom. The second-order valence-corrected chi connectivity index (χ2v) is 4.58. The number of hydrogen-bond acceptors (Lipinski definition) is 1. The first kappa shape index (κ1) is 8.86. The molecule has 0 fully saturated rings. The zero-order valence-corrected chi connectivity index (χ0v) is 8.51. The molecule has 1 heteroatoms. The van der Waals surface area contributed by atoms with Crippen molar-refractivity contribution < 1.29 is 5.11 Å². The van der Waals surface area contributed by atoms with E-state index >= 15 is 0 Å². The Kier molecular flexibility index (Phi) is 2.19. The highest BCUT2D eigenvalue weighted by atomic mass is 16.3. The summed E-state index contributed by atoms with van der Waals surface area (Å²) >= 11 is 0. The summed E-state index contributed by atoms with van der Waals surface area (Å²) in [7, 11) is 0. The maximum absolute atomic E-state index is 9.74. The topological polar surface area (TPSA) is 20.2 Å². The average molecular weight is 178 g/mol. The van der Waals surface area contributed by atoms with E-state index in [9.17, 15) is 5.11 Å². The van der Waals surface area contributed by atoms with Crippen molar-refractivity contribution in [1.29, 1.82) is 0 Å². The van der Waals surface area contributed by atoms with Gasteiger partial charge in [-0.1, -0.05) is 19.4 Å². The van der Waals surface area contributed by atoms with Crippen LogP contribution in [0.2, 0.25) is 0 Å². The van der Waals surface area contributed by atoms with Gasteiger partial charge in [0.1, 0.15) is 5.76 Å². The van der Waals surface area contributed by atoms with Gasteiger partial charge < -0.3 is 5.11 Å². The van der Waals surface area contributed by atoms with Gasteiger partial charge in [-0.25, -0.2) is 0 Å². The van der Waals surface area contributed by atoms with Crippen LogP contribution in [0.1, 0.15) is 39.5 Å². The summed E-state index contributed by atoms with van der Waals surface area (Å²) in [5.41, 5.74) is 2.79.